The first-order valence-electron chi connectivity index (χ1n) is 18.9. The van der Waals surface area contributed by atoms with Crippen molar-refractivity contribution in [2.24, 2.45) is 58.2 Å². The molecule has 6 rings (SSSR count). The largest absolute Gasteiger partial charge is 0.462 e. The van der Waals surface area contributed by atoms with Crippen LogP contribution in [0, 0.1) is 58.2 Å². The van der Waals surface area contributed by atoms with E-state index in [1.54, 1.807) is 5.57 Å². The predicted molar refractivity (Wildman–Crippen MR) is 188 cm³/mol. The molecule has 3 nitrogen and oxygen atoms in total. The van der Waals surface area contributed by atoms with Crippen molar-refractivity contribution in [2.45, 2.75) is 138 Å². The zero-order valence-corrected chi connectivity index (χ0v) is 29.7. The van der Waals surface area contributed by atoms with Crippen LogP contribution in [0.1, 0.15) is 131 Å². The van der Waals surface area contributed by atoms with E-state index in [0.29, 0.717) is 11.3 Å². The number of hydrogen-bond acceptors (Lipinski definition) is 2. The van der Waals surface area contributed by atoms with E-state index in [1.165, 1.54) is 68.7 Å². The average Bonchev–Trinajstić information content (AvgIpc) is 3.57. The number of ether oxygens (including phenoxy) is 1. The molecular formula is C42H63NO2. The van der Waals surface area contributed by atoms with Crippen LogP contribution in [0.25, 0.3) is 10.9 Å². The molecule has 1 aromatic heterocycles. The topological polar surface area (TPSA) is 42.1 Å². The Morgan fingerprint density at radius 3 is 2.53 bits per heavy atom. The molecule has 3 fully saturated rings. The Balaban J connectivity index is 1.11. The summed E-state index contributed by atoms with van der Waals surface area (Å²) in [5.41, 5.74) is 4.81. The van der Waals surface area contributed by atoms with Crippen molar-refractivity contribution in [1.29, 1.82) is 0 Å². The fourth-order valence-electron chi connectivity index (χ4n) is 11.4. The van der Waals surface area contributed by atoms with Gasteiger partial charge in [-0.05, 0) is 122 Å². The number of H-pyrrole nitrogens is 1. The molecule has 9 atom stereocenters. The molecule has 4 aliphatic carbocycles. The highest BCUT2D eigenvalue weighted by Gasteiger charge is 2.59. The molecule has 0 saturated heterocycles. The summed E-state index contributed by atoms with van der Waals surface area (Å²) in [5.74, 6) is 5.51. The van der Waals surface area contributed by atoms with Crippen LogP contribution in [0.15, 0.2) is 42.1 Å². The third kappa shape index (κ3) is 6.45. The van der Waals surface area contributed by atoms with Crippen molar-refractivity contribution < 1.29 is 9.53 Å². The maximum absolute atomic E-state index is 13.8. The highest BCUT2D eigenvalue weighted by Crippen LogP contribution is 2.67. The summed E-state index contributed by atoms with van der Waals surface area (Å²) in [5, 5.41) is 1.23. The maximum atomic E-state index is 13.8. The zero-order chi connectivity index (χ0) is 31.9. The van der Waals surface area contributed by atoms with E-state index in [0.717, 1.165) is 66.7 Å². The van der Waals surface area contributed by atoms with Crippen LogP contribution in [0.4, 0.5) is 0 Å². The summed E-state index contributed by atoms with van der Waals surface area (Å²) < 4.78 is 6.43. The molecule has 1 aromatic carbocycles. The van der Waals surface area contributed by atoms with Crippen molar-refractivity contribution in [3.63, 3.8) is 0 Å². The van der Waals surface area contributed by atoms with Gasteiger partial charge in [0.15, 0.2) is 0 Å². The van der Waals surface area contributed by atoms with E-state index in [9.17, 15) is 4.79 Å². The normalized spacial score (nSPS) is 34.2. The standard InChI is InChI=1S/C42H63NO2/c1-27(2)11-10-12-29(5)36-17-18-37-35-16-15-32-25-33(19-21-41(32,6)38(35)20-22-42(36,37)7)45-40(44)30(23-28(3)4)24-31-26-43-39-14-9-8-13-34(31)39/h8-9,13-15,26-30,33,35-38,43H,10-12,16-25H2,1-7H3/t29-,30?,33+,35+,36-,37+,38+,41+,42-/m1/s1. The molecule has 1 unspecified atom stereocenters. The molecule has 0 aliphatic heterocycles. The lowest BCUT2D eigenvalue weighted by Crippen LogP contribution is -2.51. The number of carbonyl (C=O) groups is 1. The van der Waals surface area contributed by atoms with E-state index in [-0.39, 0.29) is 23.4 Å². The van der Waals surface area contributed by atoms with Gasteiger partial charge in [-0.1, -0.05) is 97.6 Å². The Kier molecular flexibility index (Phi) is 9.67. The minimum atomic E-state index is -0.0960. The summed E-state index contributed by atoms with van der Waals surface area (Å²) in [7, 11) is 0. The molecule has 3 saturated carbocycles. The molecule has 0 spiro atoms. The molecule has 1 heterocycles. The van der Waals surface area contributed by atoms with Gasteiger partial charge in [0, 0.05) is 23.5 Å². The molecule has 1 N–H and O–H groups in total. The fourth-order valence-corrected chi connectivity index (χ4v) is 11.4. The second-order valence-electron chi connectivity index (χ2n) is 17.5. The second kappa shape index (κ2) is 13.2. The van der Waals surface area contributed by atoms with Crippen LogP contribution in [-0.4, -0.2) is 17.1 Å². The number of nitrogens with one attached hydrogen (secondary N) is 1. The number of aromatic nitrogens is 1. The molecule has 45 heavy (non-hydrogen) atoms. The molecule has 248 valence electrons. The number of hydrogen-bond donors (Lipinski definition) is 1. The fraction of sp³-hybridized carbons (Fsp3) is 0.738. The van der Waals surface area contributed by atoms with Crippen LogP contribution < -0.4 is 0 Å². The Morgan fingerprint density at radius 2 is 1.76 bits per heavy atom. The van der Waals surface area contributed by atoms with E-state index >= 15 is 0 Å². The average molecular weight is 614 g/mol. The number of fused-ring (bicyclic) bond motifs is 6. The Labute approximate surface area is 274 Å². The first-order chi connectivity index (χ1) is 21.5. The van der Waals surface area contributed by atoms with Crippen molar-refractivity contribution >= 4 is 16.9 Å². The van der Waals surface area contributed by atoms with Crippen LogP contribution in [-0.2, 0) is 16.0 Å². The Hall–Kier alpha value is -2.03. The van der Waals surface area contributed by atoms with Gasteiger partial charge in [-0.3, -0.25) is 4.79 Å². The number of allylic oxidation sites excluding steroid dienone is 1. The van der Waals surface area contributed by atoms with Crippen molar-refractivity contribution in [3.8, 4) is 0 Å². The summed E-state index contributed by atoms with van der Waals surface area (Å²) in [6, 6.07) is 8.43. The third-order valence-electron chi connectivity index (χ3n) is 13.8. The maximum Gasteiger partial charge on any atom is 0.309 e. The van der Waals surface area contributed by atoms with Gasteiger partial charge >= 0.3 is 5.97 Å². The molecule has 0 bridgehead atoms. The van der Waals surface area contributed by atoms with Gasteiger partial charge < -0.3 is 9.72 Å². The van der Waals surface area contributed by atoms with Gasteiger partial charge in [0.25, 0.3) is 0 Å². The van der Waals surface area contributed by atoms with Crippen molar-refractivity contribution in [3.05, 3.63) is 47.7 Å². The second-order valence-corrected chi connectivity index (χ2v) is 17.5. The lowest BCUT2D eigenvalue weighted by atomic mass is 9.47. The highest BCUT2D eigenvalue weighted by molar-refractivity contribution is 5.84. The molecule has 0 amide bonds. The lowest BCUT2D eigenvalue weighted by molar-refractivity contribution is -0.157. The summed E-state index contributed by atoms with van der Waals surface area (Å²) >= 11 is 0. The van der Waals surface area contributed by atoms with Gasteiger partial charge in [0.1, 0.15) is 6.10 Å². The van der Waals surface area contributed by atoms with Crippen LogP contribution in [0.3, 0.4) is 0 Å². The van der Waals surface area contributed by atoms with Gasteiger partial charge in [0.2, 0.25) is 0 Å². The summed E-state index contributed by atoms with van der Waals surface area (Å²) in [4.78, 5) is 17.2. The number of rotatable bonds is 11. The first kappa shape index (κ1) is 32.9. The monoisotopic (exact) mass is 613 g/mol. The van der Waals surface area contributed by atoms with Crippen molar-refractivity contribution in [2.75, 3.05) is 0 Å². The lowest BCUT2D eigenvalue weighted by Gasteiger charge is -2.58. The van der Waals surface area contributed by atoms with Crippen LogP contribution >= 0.6 is 0 Å². The number of para-hydroxylation sites is 1. The number of aromatic amines is 1. The van der Waals surface area contributed by atoms with Crippen molar-refractivity contribution in [1.82, 2.24) is 4.98 Å². The molecule has 3 heteroatoms. The van der Waals surface area contributed by atoms with Gasteiger partial charge in [-0.2, -0.15) is 0 Å². The smallest absolute Gasteiger partial charge is 0.309 e. The predicted octanol–water partition coefficient (Wildman–Crippen LogP) is 11.3. The molecule has 2 aromatic rings. The van der Waals surface area contributed by atoms with E-state index < -0.39 is 0 Å². The summed E-state index contributed by atoms with van der Waals surface area (Å²) in [6.45, 7) is 17.1. The summed E-state index contributed by atoms with van der Waals surface area (Å²) in [6.07, 6.45) is 20.7. The number of esters is 1. The third-order valence-corrected chi connectivity index (χ3v) is 13.8. The minimum Gasteiger partial charge on any atom is -0.462 e. The van der Waals surface area contributed by atoms with E-state index in [1.807, 2.05) is 0 Å². The first-order valence-corrected chi connectivity index (χ1v) is 18.9. The molecular weight excluding hydrogens is 550 g/mol. The van der Waals surface area contributed by atoms with Gasteiger partial charge in [-0.25, -0.2) is 0 Å². The molecule has 0 radical (unpaired) electrons. The zero-order valence-electron chi connectivity index (χ0n) is 29.7. The Morgan fingerprint density at radius 1 is 0.956 bits per heavy atom. The number of benzene rings is 1. The quantitative estimate of drug-likeness (QED) is 0.202. The SMILES string of the molecule is CC(C)CCC[C@@H](C)[C@H]1CC[C@H]2[C@@H]3CC=C4C[C@@H](OC(=O)C(Cc5c[nH]c6ccccc56)CC(C)C)CC[C@]4(C)[C@H]3CC[C@]12C. The van der Waals surface area contributed by atoms with Crippen LogP contribution in [0.2, 0.25) is 0 Å². The highest BCUT2D eigenvalue weighted by atomic mass is 16.5. The van der Waals surface area contributed by atoms with Gasteiger partial charge in [0.05, 0.1) is 5.92 Å². The van der Waals surface area contributed by atoms with E-state index in [4.69, 9.17) is 4.74 Å². The minimum absolute atomic E-state index is 0.0183. The van der Waals surface area contributed by atoms with E-state index in [2.05, 4.69) is 90.0 Å². The Bertz CT molecular complexity index is 1350. The molecule has 4 aliphatic rings. The number of carbonyl (C=O) groups excluding carboxylic acids is 1. The van der Waals surface area contributed by atoms with Gasteiger partial charge in [-0.15, -0.1) is 0 Å². The van der Waals surface area contributed by atoms with Crippen LogP contribution in [0.5, 0.6) is 0 Å².